The van der Waals surface area contributed by atoms with Crippen LogP contribution in [0.25, 0.3) is 0 Å². The third-order valence-corrected chi connectivity index (χ3v) is 12.8. The molecule has 4 fully saturated rings. The smallest absolute Gasteiger partial charge is 0.220 e. The van der Waals surface area contributed by atoms with Crippen LogP contribution < -0.4 is 5.32 Å². The first-order valence-electron chi connectivity index (χ1n) is 14.8. The minimum Gasteiger partial charge on any atom is -0.393 e. The number of hydrogen-bond acceptors (Lipinski definition) is 5. The Hall–Kier alpha value is -0.950. The normalized spacial score (nSPS) is 45.0. The quantitative estimate of drug-likeness (QED) is 0.388. The van der Waals surface area contributed by atoms with Crippen LogP contribution in [-0.4, -0.2) is 39.5 Å². The molecule has 4 aliphatic carbocycles. The number of fused-ring (bicyclic) bond motifs is 5. The van der Waals surface area contributed by atoms with Crippen molar-refractivity contribution in [2.45, 2.75) is 110 Å². The summed E-state index contributed by atoms with van der Waals surface area (Å²) < 4.78 is 0. The Bertz CT molecular complexity index is 951. The minimum atomic E-state index is -0.754. The fraction of sp³-hybridized carbons (Fsp3) is 0.839. The monoisotopic (exact) mass is 531 g/mol. The van der Waals surface area contributed by atoms with Gasteiger partial charge in [0, 0.05) is 11.3 Å². The van der Waals surface area contributed by atoms with Crippen molar-refractivity contribution in [2.24, 2.45) is 52.3 Å². The highest BCUT2D eigenvalue weighted by atomic mass is 32.1. The van der Waals surface area contributed by atoms with Gasteiger partial charge in [-0.25, -0.2) is 0 Å². The Labute approximate surface area is 227 Å². The van der Waals surface area contributed by atoms with Gasteiger partial charge in [0.05, 0.1) is 24.4 Å². The predicted octanol–water partition coefficient (Wildman–Crippen LogP) is 5.55. The van der Waals surface area contributed by atoms with Gasteiger partial charge in [-0.1, -0.05) is 40.7 Å². The van der Waals surface area contributed by atoms with Gasteiger partial charge >= 0.3 is 0 Å². The lowest BCUT2D eigenvalue weighted by atomic mass is 9.43. The van der Waals surface area contributed by atoms with Crippen LogP contribution in [0.2, 0.25) is 0 Å². The van der Waals surface area contributed by atoms with Gasteiger partial charge in [-0.2, -0.15) is 0 Å². The van der Waals surface area contributed by atoms with Crippen molar-refractivity contribution in [3.05, 3.63) is 22.4 Å². The van der Waals surface area contributed by atoms with Crippen molar-refractivity contribution < 1.29 is 20.1 Å². The second-order valence-corrected chi connectivity index (χ2v) is 15.0. The van der Waals surface area contributed by atoms with E-state index in [-0.39, 0.29) is 46.6 Å². The number of aliphatic hydroxyl groups excluding tert-OH is 3. The molecule has 12 atom stereocenters. The van der Waals surface area contributed by atoms with Crippen molar-refractivity contribution in [2.75, 3.05) is 0 Å². The number of thiophene rings is 1. The Kier molecular flexibility index (Phi) is 7.63. The number of amides is 1. The van der Waals surface area contributed by atoms with Gasteiger partial charge in [0.2, 0.25) is 5.91 Å². The van der Waals surface area contributed by atoms with E-state index in [0.717, 1.165) is 38.5 Å². The summed E-state index contributed by atoms with van der Waals surface area (Å²) >= 11 is 1.71. The molecule has 0 bridgehead atoms. The predicted molar refractivity (Wildman–Crippen MR) is 148 cm³/mol. The lowest BCUT2D eigenvalue weighted by Gasteiger charge is -2.63. The summed E-state index contributed by atoms with van der Waals surface area (Å²) in [6, 6.07) is 4.22. The molecule has 1 heterocycles. The first-order valence-corrected chi connectivity index (χ1v) is 15.7. The van der Waals surface area contributed by atoms with Crippen molar-refractivity contribution in [1.29, 1.82) is 0 Å². The zero-order chi connectivity index (χ0) is 26.7. The maximum absolute atomic E-state index is 13.2. The summed E-state index contributed by atoms with van der Waals surface area (Å²) in [6.07, 6.45) is 5.45. The maximum atomic E-state index is 13.2. The molecule has 37 heavy (non-hydrogen) atoms. The Morgan fingerprint density at radius 2 is 1.70 bits per heavy atom. The van der Waals surface area contributed by atoms with Crippen LogP contribution in [0.1, 0.15) is 96.9 Å². The number of hydrogen-bond donors (Lipinski definition) is 4. The second kappa shape index (κ2) is 10.2. The van der Waals surface area contributed by atoms with Gasteiger partial charge in [-0.3, -0.25) is 4.79 Å². The van der Waals surface area contributed by atoms with E-state index < -0.39 is 12.2 Å². The second-order valence-electron chi connectivity index (χ2n) is 14.0. The van der Waals surface area contributed by atoms with Crippen LogP contribution in [0, 0.1) is 52.3 Å². The van der Waals surface area contributed by atoms with Gasteiger partial charge in [0.25, 0.3) is 0 Å². The Morgan fingerprint density at radius 3 is 2.38 bits per heavy atom. The van der Waals surface area contributed by atoms with Crippen molar-refractivity contribution in [3.8, 4) is 0 Å². The highest BCUT2D eigenvalue weighted by Crippen LogP contribution is 2.68. The summed E-state index contributed by atoms with van der Waals surface area (Å²) in [5.74, 6) is 2.08. The average Bonchev–Trinajstić information content (AvgIpc) is 3.49. The van der Waals surface area contributed by atoms with E-state index >= 15 is 0 Å². The Morgan fingerprint density at radius 1 is 1.00 bits per heavy atom. The van der Waals surface area contributed by atoms with E-state index in [1.807, 2.05) is 0 Å². The molecule has 6 heteroatoms. The molecular weight excluding hydrogens is 482 g/mol. The zero-order valence-electron chi connectivity index (χ0n) is 23.4. The molecule has 4 saturated carbocycles. The molecule has 1 aromatic rings. The number of rotatable bonds is 6. The molecule has 4 aliphatic rings. The SMILES string of the molecule is CC(C)[C@H](NC(=O)C[C@@H](C)[C@H]1CC[C@H]2[C@@H]3[C@H](O)[C@H](O)[C@@H]4C[C@H](O)CC[C@]4(C)[C@H]3CC[C@]12C)c1cccs1. The number of carbonyl (C=O) groups is 1. The van der Waals surface area contributed by atoms with Crippen molar-refractivity contribution in [3.63, 3.8) is 0 Å². The first kappa shape index (κ1) is 27.6. The van der Waals surface area contributed by atoms with Gasteiger partial charge in [-0.05, 0) is 109 Å². The number of aliphatic hydroxyl groups is 3. The van der Waals surface area contributed by atoms with E-state index in [9.17, 15) is 20.1 Å². The van der Waals surface area contributed by atoms with Gasteiger partial charge in [0.1, 0.15) is 0 Å². The number of nitrogens with one attached hydrogen (secondary N) is 1. The third kappa shape index (κ3) is 4.62. The summed E-state index contributed by atoms with van der Waals surface area (Å²) in [5, 5.41) is 38.5. The highest BCUT2D eigenvalue weighted by Gasteiger charge is 2.65. The highest BCUT2D eigenvalue weighted by molar-refractivity contribution is 7.10. The molecule has 5 nitrogen and oxygen atoms in total. The number of carbonyl (C=O) groups excluding carboxylic acids is 1. The largest absolute Gasteiger partial charge is 0.393 e. The van der Waals surface area contributed by atoms with Gasteiger partial charge in [-0.15, -0.1) is 11.3 Å². The van der Waals surface area contributed by atoms with E-state index in [2.05, 4.69) is 57.4 Å². The molecule has 1 aromatic heterocycles. The molecule has 208 valence electrons. The molecule has 0 radical (unpaired) electrons. The minimum absolute atomic E-state index is 0.0128. The van der Waals surface area contributed by atoms with Gasteiger partial charge in [0.15, 0.2) is 0 Å². The summed E-state index contributed by atoms with van der Waals surface area (Å²) in [6.45, 7) is 11.3. The molecule has 5 rings (SSSR count). The van der Waals surface area contributed by atoms with Crippen LogP contribution in [0.15, 0.2) is 17.5 Å². The summed E-state index contributed by atoms with van der Waals surface area (Å²) in [7, 11) is 0. The van der Waals surface area contributed by atoms with E-state index in [1.54, 1.807) is 11.3 Å². The summed E-state index contributed by atoms with van der Waals surface area (Å²) in [4.78, 5) is 14.5. The molecule has 0 spiro atoms. The van der Waals surface area contributed by atoms with Crippen LogP contribution in [-0.2, 0) is 4.79 Å². The molecule has 0 saturated heterocycles. The third-order valence-electron chi connectivity index (χ3n) is 11.8. The lowest BCUT2D eigenvalue weighted by Crippen LogP contribution is -2.64. The maximum Gasteiger partial charge on any atom is 0.220 e. The molecule has 0 unspecified atom stereocenters. The van der Waals surface area contributed by atoms with Gasteiger partial charge < -0.3 is 20.6 Å². The molecule has 0 aromatic carbocycles. The fourth-order valence-corrected chi connectivity index (χ4v) is 10.9. The van der Waals surface area contributed by atoms with Crippen LogP contribution in [0.4, 0.5) is 0 Å². The van der Waals surface area contributed by atoms with Crippen molar-refractivity contribution in [1.82, 2.24) is 5.32 Å². The average molecular weight is 532 g/mol. The molecular formula is C31H49NO4S. The van der Waals surface area contributed by atoms with E-state index in [0.29, 0.717) is 36.5 Å². The standard InChI is InChI=1S/C31H49NO4S/c1-17(2)27(24-7-6-14-37-24)32-25(34)15-18(3)20-8-9-21-26-22(11-13-30(20,21)4)31(5)12-10-19(33)16-23(31)28(35)29(26)36/h6-7,14,17-23,26-29,33,35-36H,8-13,15-16H2,1-5H3,(H,32,34)/t18-,19-,20-,21+,22+,23+,26+,27+,28-,29+,30-,31-/m1/s1. The fourth-order valence-electron chi connectivity index (χ4n) is 9.92. The summed E-state index contributed by atoms with van der Waals surface area (Å²) in [5.41, 5.74) is 0.0747. The van der Waals surface area contributed by atoms with Crippen molar-refractivity contribution >= 4 is 17.2 Å². The zero-order valence-corrected chi connectivity index (χ0v) is 24.2. The molecule has 4 N–H and O–H groups in total. The van der Waals surface area contributed by atoms with E-state index in [4.69, 9.17) is 0 Å². The molecule has 0 aliphatic heterocycles. The van der Waals surface area contributed by atoms with Crippen LogP contribution >= 0.6 is 11.3 Å². The van der Waals surface area contributed by atoms with Crippen LogP contribution in [0.5, 0.6) is 0 Å². The Balaban J connectivity index is 1.30. The van der Waals surface area contributed by atoms with E-state index in [1.165, 1.54) is 4.88 Å². The lowest BCUT2D eigenvalue weighted by molar-refractivity contribution is -0.223. The topological polar surface area (TPSA) is 89.8 Å². The molecule has 1 amide bonds. The first-order chi connectivity index (χ1) is 17.5. The van der Waals surface area contributed by atoms with Crippen LogP contribution in [0.3, 0.4) is 0 Å².